The summed E-state index contributed by atoms with van der Waals surface area (Å²) in [5, 5.41) is 0. The van der Waals surface area contributed by atoms with E-state index in [0.717, 1.165) is 31.6 Å². The van der Waals surface area contributed by atoms with E-state index in [1.165, 1.54) is 6.08 Å². The third-order valence-corrected chi connectivity index (χ3v) is 4.94. The molecular formula is C21H22Br2O4. The Labute approximate surface area is 176 Å². The molecule has 0 radical (unpaired) electrons. The van der Waals surface area contributed by atoms with Crippen molar-refractivity contribution in [2.75, 3.05) is 13.7 Å². The molecule has 0 aliphatic carbocycles. The van der Waals surface area contributed by atoms with Crippen molar-refractivity contribution in [2.24, 2.45) is 0 Å². The van der Waals surface area contributed by atoms with Crippen LogP contribution in [-0.2, 0) is 9.53 Å². The minimum atomic E-state index is -0.371. The highest BCUT2D eigenvalue weighted by Crippen LogP contribution is 2.39. The third kappa shape index (κ3) is 5.84. The van der Waals surface area contributed by atoms with Gasteiger partial charge in [-0.1, -0.05) is 13.8 Å². The summed E-state index contributed by atoms with van der Waals surface area (Å²) in [6, 6.07) is 9.52. The first-order valence-corrected chi connectivity index (χ1v) is 10.1. The number of carbonyl (C=O) groups excluding carboxylic acids is 1. The van der Waals surface area contributed by atoms with Gasteiger partial charge in [-0.2, -0.15) is 0 Å². The highest BCUT2D eigenvalue weighted by Gasteiger charge is 2.13. The molecule has 0 saturated carbocycles. The van der Waals surface area contributed by atoms with Gasteiger partial charge in [0.05, 0.1) is 22.7 Å². The Morgan fingerprint density at radius 1 is 1.15 bits per heavy atom. The molecule has 0 spiro atoms. The van der Waals surface area contributed by atoms with E-state index >= 15 is 0 Å². The molecule has 0 amide bonds. The highest BCUT2D eigenvalue weighted by molar-refractivity contribution is 9.11. The number of rotatable bonds is 7. The molecule has 6 heteroatoms. The molecule has 0 aromatic heterocycles. The Morgan fingerprint density at radius 2 is 1.81 bits per heavy atom. The predicted octanol–water partition coefficient (Wildman–Crippen LogP) is 6.71. The molecule has 0 bridgehead atoms. The van der Waals surface area contributed by atoms with Crippen LogP contribution in [0.2, 0.25) is 0 Å². The SMILES string of the molecule is CCOC(=O)/C=C/c1cc(Br)c(Oc2ccc(OC)c(C(C)C)c2)c(Br)c1. The van der Waals surface area contributed by atoms with Gasteiger partial charge >= 0.3 is 5.97 Å². The largest absolute Gasteiger partial charge is 0.496 e. The van der Waals surface area contributed by atoms with E-state index in [9.17, 15) is 4.79 Å². The molecule has 0 aliphatic rings. The maximum Gasteiger partial charge on any atom is 0.330 e. The lowest BCUT2D eigenvalue weighted by molar-refractivity contribution is -0.137. The van der Waals surface area contributed by atoms with Crippen molar-refractivity contribution in [1.82, 2.24) is 0 Å². The molecule has 0 N–H and O–H groups in total. The molecule has 4 nitrogen and oxygen atoms in total. The van der Waals surface area contributed by atoms with Crippen molar-refractivity contribution < 1.29 is 19.0 Å². The van der Waals surface area contributed by atoms with Crippen molar-refractivity contribution in [2.45, 2.75) is 26.7 Å². The average Bonchev–Trinajstić information content (AvgIpc) is 2.63. The normalized spacial score (nSPS) is 11.1. The van der Waals surface area contributed by atoms with Crippen LogP contribution in [0.3, 0.4) is 0 Å². The van der Waals surface area contributed by atoms with Crippen LogP contribution in [0.25, 0.3) is 6.08 Å². The van der Waals surface area contributed by atoms with Crippen LogP contribution >= 0.6 is 31.9 Å². The molecule has 144 valence electrons. The molecule has 0 unspecified atom stereocenters. The number of halogens is 2. The van der Waals surface area contributed by atoms with E-state index in [1.807, 2.05) is 30.3 Å². The summed E-state index contributed by atoms with van der Waals surface area (Å²) < 4.78 is 17.9. The van der Waals surface area contributed by atoms with Crippen molar-refractivity contribution in [3.8, 4) is 17.2 Å². The lowest BCUT2D eigenvalue weighted by atomic mass is 10.0. The second-order valence-corrected chi connectivity index (χ2v) is 7.77. The standard InChI is InChI=1S/C21H22Br2O4/c1-5-26-20(24)9-6-14-10-17(22)21(18(23)11-14)27-15-7-8-19(25-4)16(12-15)13(2)3/h6-13H,5H2,1-4H3/b9-6+. The van der Waals surface area contributed by atoms with Gasteiger partial charge in [0.25, 0.3) is 0 Å². The number of carbonyl (C=O) groups is 1. The molecule has 0 heterocycles. The number of hydrogen-bond donors (Lipinski definition) is 0. The van der Waals surface area contributed by atoms with Crippen LogP contribution in [-0.4, -0.2) is 19.7 Å². The zero-order valence-corrected chi connectivity index (χ0v) is 18.9. The molecule has 0 atom stereocenters. The Hall–Kier alpha value is -1.79. The topological polar surface area (TPSA) is 44.8 Å². The van der Waals surface area contributed by atoms with Crippen molar-refractivity contribution in [1.29, 1.82) is 0 Å². The zero-order valence-electron chi connectivity index (χ0n) is 15.7. The Morgan fingerprint density at radius 3 is 2.37 bits per heavy atom. The first-order valence-electron chi connectivity index (χ1n) is 8.55. The van der Waals surface area contributed by atoms with Crippen LogP contribution < -0.4 is 9.47 Å². The van der Waals surface area contributed by atoms with Crippen molar-refractivity contribution in [3.63, 3.8) is 0 Å². The van der Waals surface area contributed by atoms with Crippen molar-refractivity contribution >= 4 is 43.9 Å². The fraction of sp³-hybridized carbons (Fsp3) is 0.286. The first kappa shape index (κ1) is 21.5. The average molecular weight is 498 g/mol. The zero-order chi connectivity index (χ0) is 20.0. The van der Waals surface area contributed by atoms with Gasteiger partial charge < -0.3 is 14.2 Å². The van der Waals surface area contributed by atoms with E-state index in [0.29, 0.717) is 18.3 Å². The summed E-state index contributed by atoms with van der Waals surface area (Å²) in [5.41, 5.74) is 1.92. The maximum absolute atomic E-state index is 11.5. The van der Waals surface area contributed by atoms with Gasteiger partial charge in [0.15, 0.2) is 5.75 Å². The van der Waals surface area contributed by atoms with Crippen LogP contribution in [0, 0.1) is 0 Å². The number of esters is 1. The number of ether oxygens (including phenoxy) is 3. The van der Waals surface area contributed by atoms with Gasteiger partial charge in [0.2, 0.25) is 0 Å². The first-order chi connectivity index (χ1) is 12.8. The molecular weight excluding hydrogens is 476 g/mol. The Kier molecular flexibility index (Phi) is 7.92. The number of hydrogen-bond acceptors (Lipinski definition) is 4. The van der Waals surface area contributed by atoms with Gasteiger partial charge in [-0.3, -0.25) is 0 Å². The number of methoxy groups -OCH3 is 1. The summed E-state index contributed by atoms with van der Waals surface area (Å²) in [7, 11) is 1.66. The minimum absolute atomic E-state index is 0.311. The fourth-order valence-electron chi connectivity index (χ4n) is 2.47. The van der Waals surface area contributed by atoms with Gasteiger partial charge in [0.1, 0.15) is 11.5 Å². The second-order valence-electron chi connectivity index (χ2n) is 6.06. The fourth-order valence-corrected chi connectivity index (χ4v) is 3.86. The van der Waals surface area contributed by atoms with Gasteiger partial charge in [0, 0.05) is 11.6 Å². The molecule has 0 fully saturated rings. The van der Waals surface area contributed by atoms with Gasteiger partial charge in [-0.15, -0.1) is 0 Å². The Bertz CT molecular complexity index is 821. The number of benzene rings is 2. The van der Waals surface area contributed by atoms with E-state index in [2.05, 4.69) is 45.7 Å². The maximum atomic E-state index is 11.5. The van der Waals surface area contributed by atoms with E-state index < -0.39 is 0 Å². The molecule has 0 aliphatic heterocycles. The highest BCUT2D eigenvalue weighted by atomic mass is 79.9. The summed E-state index contributed by atoms with van der Waals surface area (Å²) in [6.45, 7) is 6.34. The van der Waals surface area contributed by atoms with Crippen LogP contribution in [0.1, 0.15) is 37.8 Å². The van der Waals surface area contributed by atoms with Crippen LogP contribution in [0.4, 0.5) is 0 Å². The van der Waals surface area contributed by atoms with E-state index in [-0.39, 0.29) is 5.97 Å². The lowest BCUT2D eigenvalue weighted by Crippen LogP contribution is -1.98. The van der Waals surface area contributed by atoms with Gasteiger partial charge in [-0.05, 0) is 86.7 Å². The van der Waals surface area contributed by atoms with E-state index in [1.54, 1.807) is 20.1 Å². The monoisotopic (exact) mass is 496 g/mol. The summed E-state index contributed by atoms with van der Waals surface area (Å²) in [5.74, 6) is 2.16. The predicted molar refractivity (Wildman–Crippen MR) is 115 cm³/mol. The van der Waals surface area contributed by atoms with Crippen molar-refractivity contribution in [3.05, 3.63) is 56.5 Å². The minimum Gasteiger partial charge on any atom is -0.496 e. The van der Waals surface area contributed by atoms with Crippen LogP contribution in [0.15, 0.2) is 45.4 Å². The molecule has 0 saturated heterocycles. The summed E-state index contributed by atoms with van der Waals surface area (Å²) in [6.07, 6.45) is 3.10. The van der Waals surface area contributed by atoms with E-state index in [4.69, 9.17) is 14.2 Å². The summed E-state index contributed by atoms with van der Waals surface area (Å²) >= 11 is 7.08. The van der Waals surface area contributed by atoms with Crippen LogP contribution in [0.5, 0.6) is 17.2 Å². The summed E-state index contributed by atoms with van der Waals surface area (Å²) in [4.78, 5) is 11.5. The molecule has 2 aromatic carbocycles. The third-order valence-electron chi connectivity index (χ3n) is 3.76. The molecule has 27 heavy (non-hydrogen) atoms. The lowest BCUT2D eigenvalue weighted by Gasteiger charge is -2.15. The smallest absolute Gasteiger partial charge is 0.330 e. The van der Waals surface area contributed by atoms with Gasteiger partial charge in [-0.25, -0.2) is 4.79 Å². The second kappa shape index (κ2) is 9.95. The Balaban J connectivity index is 2.27. The molecule has 2 rings (SSSR count). The molecule has 2 aromatic rings. The quantitative estimate of drug-likeness (QED) is 0.315.